The van der Waals surface area contributed by atoms with Crippen LogP contribution in [0.3, 0.4) is 0 Å². The summed E-state index contributed by atoms with van der Waals surface area (Å²) in [6.45, 7) is 5.19. The number of hydrogen-bond acceptors (Lipinski definition) is 5. The molecule has 1 aromatic carbocycles. The molecule has 1 unspecified atom stereocenters. The van der Waals surface area contributed by atoms with Gasteiger partial charge >= 0.3 is 0 Å². The third-order valence-corrected chi connectivity index (χ3v) is 4.66. The average molecular weight is 390 g/mol. The number of aliphatic hydroxyl groups excluding tert-OH is 1. The van der Waals surface area contributed by atoms with Gasteiger partial charge in [-0.05, 0) is 30.3 Å². The number of rotatable bonds is 4. The quantitative estimate of drug-likeness (QED) is 0.835. The molecule has 1 atom stereocenters. The SMILES string of the molecule is COc1ccc(N2C(=O)C(O)=C(C(=O)C(C)(C)C)C2c2ccco2)cc1Cl. The van der Waals surface area contributed by atoms with E-state index in [1.165, 1.54) is 18.3 Å². The van der Waals surface area contributed by atoms with Crippen molar-refractivity contribution < 1.29 is 23.8 Å². The minimum absolute atomic E-state index is 0.00869. The number of benzene rings is 1. The van der Waals surface area contributed by atoms with E-state index in [2.05, 4.69) is 0 Å². The summed E-state index contributed by atoms with van der Waals surface area (Å²) in [5.74, 6) is -0.790. The van der Waals surface area contributed by atoms with E-state index in [1.54, 1.807) is 51.1 Å². The van der Waals surface area contributed by atoms with E-state index in [-0.39, 0.29) is 11.4 Å². The lowest BCUT2D eigenvalue weighted by Crippen LogP contribution is -2.32. The third kappa shape index (κ3) is 3.21. The van der Waals surface area contributed by atoms with Gasteiger partial charge in [0.25, 0.3) is 5.91 Å². The van der Waals surface area contributed by atoms with Crippen LogP contribution in [0.2, 0.25) is 5.02 Å². The molecule has 7 heteroatoms. The number of ketones is 1. The van der Waals surface area contributed by atoms with E-state index in [0.717, 1.165) is 0 Å². The first-order chi connectivity index (χ1) is 12.7. The zero-order valence-electron chi connectivity index (χ0n) is 15.4. The van der Waals surface area contributed by atoms with Crippen LogP contribution in [0.1, 0.15) is 32.6 Å². The van der Waals surface area contributed by atoms with Gasteiger partial charge in [0.15, 0.2) is 11.5 Å². The van der Waals surface area contributed by atoms with E-state index in [0.29, 0.717) is 22.2 Å². The van der Waals surface area contributed by atoms with Crippen molar-refractivity contribution in [3.05, 3.63) is 58.7 Å². The highest BCUT2D eigenvalue weighted by atomic mass is 35.5. The molecular weight excluding hydrogens is 370 g/mol. The maximum Gasteiger partial charge on any atom is 0.294 e. The summed E-state index contributed by atoms with van der Waals surface area (Å²) in [7, 11) is 1.49. The molecule has 0 spiro atoms. The molecule has 1 aliphatic rings. The molecule has 2 aromatic rings. The van der Waals surface area contributed by atoms with Crippen molar-refractivity contribution in [2.45, 2.75) is 26.8 Å². The number of carbonyl (C=O) groups excluding carboxylic acids is 2. The van der Waals surface area contributed by atoms with Crippen LogP contribution >= 0.6 is 11.6 Å². The summed E-state index contributed by atoms with van der Waals surface area (Å²) in [6.07, 6.45) is 1.45. The lowest BCUT2D eigenvalue weighted by molar-refractivity contribution is -0.123. The Hall–Kier alpha value is -2.73. The second-order valence-corrected chi connectivity index (χ2v) is 7.66. The van der Waals surface area contributed by atoms with Crippen LogP contribution in [-0.2, 0) is 9.59 Å². The number of carbonyl (C=O) groups is 2. The Kier molecular flexibility index (Phi) is 4.78. The standard InChI is InChI=1S/C20H20ClNO5/c1-20(2,3)18(24)15-16(14-6-5-9-27-14)22(19(25)17(15)23)11-7-8-13(26-4)12(21)10-11/h5-10,16,23H,1-4H3. The second kappa shape index (κ2) is 6.78. The highest BCUT2D eigenvalue weighted by Gasteiger charge is 2.48. The van der Waals surface area contributed by atoms with E-state index < -0.39 is 23.1 Å². The van der Waals surface area contributed by atoms with Crippen LogP contribution < -0.4 is 9.64 Å². The van der Waals surface area contributed by atoms with Crippen LogP contribution in [0.25, 0.3) is 0 Å². The number of halogens is 1. The maximum absolute atomic E-state index is 13.0. The summed E-state index contributed by atoms with van der Waals surface area (Å²) >= 11 is 6.21. The predicted octanol–water partition coefficient (Wildman–Crippen LogP) is 4.46. The van der Waals surface area contributed by atoms with Crippen molar-refractivity contribution in [2.24, 2.45) is 5.41 Å². The first-order valence-corrected chi connectivity index (χ1v) is 8.73. The molecule has 0 saturated heterocycles. The van der Waals surface area contributed by atoms with Gasteiger partial charge in [-0.25, -0.2) is 0 Å². The molecule has 1 amide bonds. The first kappa shape index (κ1) is 19.0. The van der Waals surface area contributed by atoms with Crippen LogP contribution in [0.4, 0.5) is 5.69 Å². The van der Waals surface area contributed by atoms with Gasteiger partial charge in [-0.2, -0.15) is 0 Å². The zero-order valence-corrected chi connectivity index (χ0v) is 16.2. The maximum atomic E-state index is 13.0. The number of furan rings is 1. The molecule has 6 nitrogen and oxygen atoms in total. The zero-order chi connectivity index (χ0) is 19.9. The molecule has 27 heavy (non-hydrogen) atoms. The second-order valence-electron chi connectivity index (χ2n) is 7.25. The van der Waals surface area contributed by atoms with Crippen molar-refractivity contribution in [1.29, 1.82) is 0 Å². The Morgan fingerprint density at radius 3 is 2.52 bits per heavy atom. The summed E-state index contributed by atoms with van der Waals surface area (Å²) in [6, 6.07) is 7.23. The smallest absolute Gasteiger partial charge is 0.294 e. The highest BCUT2D eigenvalue weighted by Crippen LogP contribution is 2.44. The van der Waals surface area contributed by atoms with E-state index in [1.807, 2.05) is 0 Å². The topological polar surface area (TPSA) is 80.0 Å². The molecule has 0 aliphatic carbocycles. The van der Waals surface area contributed by atoms with Gasteiger partial charge in [-0.3, -0.25) is 14.5 Å². The molecule has 0 saturated carbocycles. The van der Waals surface area contributed by atoms with Crippen molar-refractivity contribution in [3.8, 4) is 5.75 Å². The Labute approximate surface area is 162 Å². The minimum Gasteiger partial charge on any atom is -0.503 e. The normalized spacial score (nSPS) is 17.6. The van der Waals surface area contributed by atoms with Gasteiger partial charge in [-0.1, -0.05) is 32.4 Å². The lowest BCUT2D eigenvalue weighted by atomic mass is 9.83. The molecule has 1 N–H and O–H groups in total. The van der Waals surface area contributed by atoms with Gasteiger partial charge in [0, 0.05) is 11.1 Å². The number of methoxy groups -OCH3 is 1. The van der Waals surface area contributed by atoms with Crippen LogP contribution in [0, 0.1) is 5.41 Å². The number of nitrogens with zero attached hydrogens (tertiary/aromatic N) is 1. The Bertz CT molecular complexity index is 924. The number of hydrogen-bond donors (Lipinski definition) is 1. The average Bonchev–Trinajstić information content (AvgIpc) is 3.21. The molecule has 1 aliphatic heterocycles. The van der Waals surface area contributed by atoms with E-state index in [4.69, 9.17) is 20.8 Å². The largest absolute Gasteiger partial charge is 0.503 e. The summed E-state index contributed by atoms with van der Waals surface area (Å²) in [4.78, 5) is 27.2. The predicted molar refractivity (Wildman–Crippen MR) is 101 cm³/mol. The summed E-state index contributed by atoms with van der Waals surface area (Å²) in [5, 5.41) is 10.8. The third-order valence-electron chi connectivity index (χ3n) is 4.36. The van der Waals surface area contributed by atoms with Crippen molar-refractivity contribution >= 4 is 29.0 Å². The number of aliphatic hydroxyl groups is 1. The Morgan fingerprint density at radius 2 is 2.00 bits per heavy atom. The van der Waals surface area contributed by atoms with E-state index >= 15 is 0 Å². The molecule has 2 heterocycles. The van der Waals surface area contributed by atoms with Crippen LogP contribution in [-0.4, -0.2) is 23.9 Å². The summed E-state index contributed by atoms with van der Waals surface area (Å²) in [5.41, 5.74) is -0.369. The fourth-order valence-electron chi connectivity index (χ4n) is 3.03. The Balaban J connectivity index is 2.16. The van der Waals surface area contributed by atoms with E-state index in [9.17, 15) is 14.7 Å². The summed E-state index contributed by atoms with van der Waals surface area (Å²) < 4.78 is 10.6. The van der Waals surface area contributed by atoms with Crippen molar-refractivity contribution in [2.75, 3.05) is 12.0 Å². The lowest BCUT2D eigenvalue weighted by Gasteiger charge is -2.27. The van der Waals surface area contributed by atoms with Crippen molar-refractivity contribution in [1.82, 2.24) is 0 Å². The number of amides is 1. The Morgan fingerprint density at radius 1 is 1.30 bits per heavy atom. The van der Waals surface area contributed by atoms with Gasteiger partial charge in [0.05, 0.1) is 24.0 Å². The fourth-order valence-corrected chi connectivity index (χ4v) is 3.28. The monoisotopic (exact) mass is 389 g/mol. The molecule has 142 valence electrons. The molecule has 0 fully saturated rings. The number of ether oxygens (including phenoxy) is 1. The van der Waals surface area contributed by atoms with Gasteiger partial charge in [0.1, 0.15) is 17.6 Å². The van der Waals surface area contributed by atoms with Gasteiger partial charge < -0.3 is 14.3 Å². The van der Waals surface area contributed by atoms with Gasteiger partial charge in [0.2, 0.25) is 0 Å². The number of anilines is 1. The minimum atomic E-state index is -0.885. The fraction of sp³-hybridized carbons (Fsp3) is 0.300. The van der Waals surface area contributed by atoms with Crippen LogP contribution in [0.15, 0.2) is 52.3 Å². The molecule has 1 aromatic heterocycles. The molecular formula is C20H20ClNO5. The highest BCUT2D eigenvalue weighted by molar-refractivity contribution is 6.32. The first-order valence-electron chi connectivity index (χ1n) is 8.35. The van der Waals surface area contributed by atoms with Crippen LogP contribution in [0.5, 0.6) is 5.75 Å². The molecule has 0 radical (unpaired) electrons. The van der Waals surface area contributed by atoms with Crippen molar-refractivity contribution in [3.63, 3.8) is 0 Å². The van der Waals surface area contributed by atoms with Gasteiger partial charge in [-0.15, -0.1) is 0 Å². The number of Topliss-reactive ketones (excluding diaryl/α,β-unsaturated/α-hetero) is 1. The molecule has 3 rings (SSSR count). The molecule has 0 bridgehead atoms.